The van der Waals surface area contributed by atoms with Crippen molar-refractivity contribution < 1.29 is 4.79 Å². The lowest BCUT2D eigenvalue weighted by Gasteiger charge is -2.32. The molecule has 2 heterocycles. The van der Waals surface area contributed by atoms with Crippen molar-refractivity contribution in [2.24, 2.45) is 11.8 Å². The Morgan fingerprint density at radius 1 is 1.00 bits per heavy atom. The van der Waals surface area contributed by atoms with Gasteiger partial charge in [0.15, 0.2) is 0 Å². The van der Waals surface area contributed by atoms with Gasteiger partial charge in [-0.05, 0) is 44.2 Å². The van der Waals surface area contributed by atoms with E-state index in [0.717, 1.165) is 32.0 Å². The molecule has 0 aromatic carbocycles. The van der Waals surface area contributed by atoms with Gasteiger partial charge in [0.2, 0.25) is 5.91 Å². The largest absolute Gasteiger partial charge is 0.356 e. The summed E-state index contributed by atoms with van der Waals surface area (Å²) in [5, 5.41) is 6.26. The van der Waals surface area contributed by atoms with Crippen molar-refractivity contribution in [1.29, 1.82) is 0 Å². The summed E-state index contributed by atoms with van der Waals surface area (Å²) < 4.78 is 0. The van der Waals surface area contributed by atoms with E-state index in [4.69, 9.17) is 0 Å². The zero-order valence-corrected chi connectivity index (χ0v) is 8.01. The maximum Gasteiger partial charge on any atom is 0.220 e. The molecule has 2 fully saturated rings. The summed E-state index contributed by atoms with van der Waals surface area (Å²) in [5.74, 6) is 1.72. The number of hydrogen-bond donors (Lipinski definition) is 2. The number of carbonyl (C=O) groups excluding carboxylic acids is 1. The fourth-order valence-electron chi connectivity index (χ4n) is 2.53. The van der Waals surface area contributed by atoms with Crippen LogP contribution in [-0.4, -0.2) is 25.5 Å². The first-order valence-electron chi connectivity index (χ1n) is 5.33. The van der Waals surface area contributed by atoms with Crippen molar-refractivity contribution in [1.82, 2.24) is 10.6 Å². The smallest absolute Gasteiger partial charge is 0.220 e. The van der Waals surface area contributed by atoms with E-state index < -0.39 is 0 Å². The Kier molecular flexibility index (Phi) is 2.83. The number of hydrogen-bond acceptors (Lipinski definition) is 2. The minimum Gasteiger partial charge on any atom is -0.356 e. The number of carbonyl (C=O) groups is 1. The van der Waals surface area contributed by atoms with Crippen LogP contribution < -0.4 is 10.6 Å². The molecule has 0 aliphatic carbocycles. The van der Waals surface area contributed by atoms with E-state index in [1.807, 2.05) is 0 Å². The molecule has 2 rings (SSSR count). The molecule has 0 bridgehead atoms. The minimum atomic E-state index is 0.259. The molecule has 74 valence electrons. The predicted octanol–water partition coefficient (Wildman–Crippen LogP) is 0.512. The van der Waals surface area contributed by atoms with Crippen molar-refractivity contribution in [2.45, 2.75) is 25.7 Å². The van der Waals surface area contributed by atoms with Crippen molar-refractivity contribution >= 4 is 5.91 Å². The standard InChI is InChI=1S/C10H18N2O/c13-10-7-9(3-6-12-10)8-1-4-11-5-2-8/h8-9,11H,1-7H2,(H,12,13). The summed E-state index contributed by atoms with van der Waals surface area (Å²) in [6.07, 6.45) is 4.48. The fraction of sp³-hybridized carbons (Fsp3) is 0.900. The van der Waals surface area contributed by atoms with E-state index in [9.17, 15) is 4.79 Å². The Labute approximate surface area is 79.3 Å². The molecule has 0 spiro atoms. The zero-order valence-electron chi connectivity index (χ0n) is 8.01. The zero-order chi connectivity index (χ0) is 9.10. The summed E-state index contributed by atoms with van der Waals surface area (Å²) in [6.45, 7) is 3.18. The molecule has 3 nitrogen and oxygen atoms in total. The van der Waals surface area contributed by atoms with Crippen LogP contribution >= 0.6 is 0 Å². The Morgan fingerprint density at radius 3 is 2.38 bits per heavy atom. The van der Waals surface area contributed by atoms with Crippen molar-refractivity contribution in [3.63, 3.8) is 0 Å². The number of rotatable bonds is 1. The highest BCUT2D eigenvalue weighted by Gasteiger charge is 2.27. The highest BCUT2D eigenvalue weighted by atomic mass is 16.1. The molecule has 2 aliphatic rings. The second-order valence-electron chi connectivity index (χ2n) is 4.19. The molecule has 2 saturated heterocycles. The van der Waals surface area contributed by atoms with Gasteiger partial charge in [-0.3, -0.25) is 4.79 Å². The molecule has 1 amide bonds. The predicted molar refractivity (Wildman–Crippen MR) is 51.3 cm³/mol. The Bertz CT molecular complexity index is 187. The summed E-state index contributed by atoms with van der Waals surface area (Å²) in [5.41, 5.74) is 0. The monoisotopic (exact) mass is 182 g/mol. The third-order valence-electron chi connectivity index (χ3n) is 3.34. The number of nitrogens with one attached hydrogen (secondary N) is 2. The van der Waals surface area contributed by atoms with Crippen LogP contribution in [0.1, 0.15) is 25.7 Å². The lowest BCUT2D eigenvalue weighted by atomic mass is 9.79. The van der Waals surface area contributed by atoms with Crippen LogP contribution in [0, 0.1) is 11.8 Å². The van der Waals surface area contributed by atoms with E-state index in [0.29, 0.717) is 5.92 Å². The van der Waals surface area contributed by atoms with Crippen molar-refractivity contribution in [2.75, 3.05) is 19.6 Å². The summed E-state index contributed by atoms with van der Waals surface area (Å²) >= 11 is 0. The first kappa shape index (κ1) is 9.00. The SMILES string of the molecule is O=C1CC(C2CCNCC2)CCN1. The minimum absolute atomic E-state index is 0.259. The highest BCUT2D eigenvalue weighted by Crippen LogP contribution is 2.28. The summed E-state index contributed by atoms with van der Waals surface area (Å²) in [4.78, 5) is 11.2. The van der Waals surface area contributed by atoms with E-state index in [2.05, 4.69) is 10.6 Å². The van der Waals surface area contributed by atoms with Gasteiger partial charge in [-0.2, -0.15) is 0 Å². The molecule has 2 N–H and O–H groups in total. The quantitative estimate of drug-likeness (QED) is 0.620. The van der Waals surface area contributed by atoms with E-state index in [-0.39, 0.29) is 5.91 Å². The normalized spacial score (nSPS) is 31.4. The number of amides is 1. The van der Waals surface area contributed by atoms with Gasteiger partial charge in [-0.25, -0.2) is 0 Å². The first-order chi connectivity index (χ1) is 6.36. The first-order valence-corrected chi connectivity index (χ1v) is 5.33. The molecule has 3 heteroatoms. The van der Waals surface area contributed by atoms with E-state index in [1.165, 1.54) is 19.3 Å². The van der Waals surface area contributed by atoms with Gasteiger partial charge in [0, 0.05) is 13.0 Å². The van der Waals surface area contributed by atoms with Crippen LogP contribution in [0.5, 0.6) is 0 Å². The molecular formula is C10H18N2O. The van der Waals surface area contributed by atoms with Crippen LogP contribution in [0.4, 0.5) is 0 Å². The van der Waals surface area contributed by atoms with Crippen LogP contribution in [0.3, 0.4) is 0 Å². The molecule has 0 aromatic rings. The molecular weight excluding hydrogens is 164 g/mol. The van der Waals surface area contributed by atoms with E-state index in [1.54, 1.807) is 0 Å². The molecule has 0 saturated carbocycles. The molecule has 0 radical (unpaired) electrons. The lowest BCUT2D eigenvalue weighted by Crippen LogP contribution is -2.39. The molecule has 13 heavy (non-hydrogen) atoms. The molecule has 2 aliphatic heterocycles. The van der Waals surface area contributed by atoms with Gasteiger partial charge < -0.3 is 10.6 Å². The second kappa shape index (κ2) is 4.09. The number of piperidine rings is 2. The van der Waals surface area contributed by atoms with E-state index >= 15 is 0 Å². The van der Waals surface area contributed by atoms with Gasteiger partial charge >= 0.3 is 0 Å². The van der Waals surface area contributed by atoms with Crippen LogP contribution in [0.25, 0.3) is 0 Å². The third-order valence-corrected chi connectivity index (χ3v) is 3.34. The van der Waals surface area contributed by atoms with Gasteiger partial charge in [0.25, 0.3) is 0 Å². The Balaban J connectivity index is 1.87. The molecule has 1 atom stereocenters. The van der Waals surface area contributed by atoms with Crippen molar-refractivity contribution in [3.8, 4) is 0 Å². The Hall–Kier alpha value is -0.570. The maximum absolute atomic E-state index is 11.2. The van der Waals surface area contributed by atoms with Crippen molar-refractivity contribution in [3.05, 3.63) is 0 Å². The molecule has 1 unspecified atom stereocenters. The Morgan fingerprint density at radius 2 is 1.69 bits per heavy atom. The second-order valence-corrected chi connectivity index (χ2v) is 4.19. The van der Waals surface area contributed by atoms with Gasteiger partial charge in [0.1, 0.15) is 0 Å². The summed E-state index contributed by atoms with van der Waals surface area (Å²) in [7, 11) is 0. The van der Waals surface area contributed by atoms with Gasteiger partial charge in [-0.15, -0.1) is 0 Å². The molecule has 0 aromatic heterocycles. The lowest BCUT2D eigenvalue weighted by molar-refractivity contribution is -0.124. The van der Waals surface area contributed by atoms with Crippen LogP contribution in [0.2, 0.25) is 0 Å². The summed E-state index contributed by atoms with van der Waals surface area (Å²) in [6, 6.07) is 0. The topological polar surface area (TPSA) is 41.1 Å². The highest BCUT2D eigenvalue weighted by molar-refractivity contribution is 5.76. The van der Waals surface area contributed by atoms with Crippen LogP contribution in [0.15, 0.2) is 0 Å². The van der Waals surface area contributed by atoms with Crippen LogP contribution in [-0.2, 0) is 4.79 Å². The van der Waals surface area contributed by atoms with Gasteiger partial charge in [-0.1, -0.05) is 0 Å². The third kappa shape index (κ3) is 2.21. The van der Waals surface area contributed by atoms with Gasteiger partial charge in [0.05, 0.1) is 0 Å². The average molecular weight is 182 g/mol. The average Bonchev–Trinajstić information content (AvgIpc) is 2.19. The maximum atomic E-state index is 11.2. The fourth-order valence-corrected chi connectivity index (χ4v) is 2.53.